The van der Waals surface area contributed by atoms with Crippen molar-refractivity contribution in [2.45, 2.75) is 33.6 Å². The zero-order valence-electron chi connectivity index (χ0n) is 8.05. The Hall–Kier alpha value is -1.05. The number of aromatic hydroxyl groups is 1. The lowest BCUT2D eigenvalue weighted by molar-refractivity contribution is 0.455. The molecule has 1 aromatic heterocycles. The van der Waals surface area contributed by atoms with Gasteiger partial charge >= 0.3 is 0 Å². The smallest absolute Gasteiger partial charge is 0.140 e. The molecule has 0 fully saturated rings. The highest BCUT2D eigenvalue weighted by Gasteiger charge is 2.10. The molecule has 12 heavy (non-hydrogen) atoms. The summed E-state index contributed by atoms with van der Waals surface area (Å²) in [5.74, 6) is 0.634. The Morgan fingerprint density at radius 3 is 2.42 bits per heavy atom. The van der Waals surface area contributed by atoms with E-state index in [4.69, 9.17) is 0 Å². The summed E-state index contributed by atoms with van der Waals surface area (Å²) in [4.78, 5) is 4.19. The average molecular weight is 165 g/mol. The summed E-state index contributed by atoms with van der Waals surface area (Å²) in [5, 5.41) is 9.69. The van der Waals surface area contributed by atoms with E-state index in [2.05, 4.69) is 4.98 Å². The van der Waals surface area contributed by atoms with Crippen molar-refractivity contribution in [2.24, 2.45) is 0 Å². The quantitative estimate of drug-likeness (QED) is 0.693. The topological polar surface area (TPSA) is 33.1 Å². The second-order valence-electron chi connectivity index (χ2n) is 3.45. The van der Waals surface area contributed by atoms with E-state index >= 15 is 0 Å². The molecule has 0 aliphatic heterocycles. The molecule has 1 N–H and O–H groups in total. The van der Waals surface area contributed by atoms with E-state index in [9.17, 15) is 5.11 Å². The van der Waals surface area contributed by atoms with Crippen molar-refractivity contribution in [1.82, 2.24) is 4.98 Å². The minimum absolute atomic E-state index is 0.282. The van der Waals surface area contributed by atoms with Crippen molar-refractivity contribution >= 4 is 0 Å². The van der Waals surface area contributed by atoms with Crippen LogP contribution in [0.5, 0.6) is 5.75 Å². The summed E-state index contributed by atoms with van der Waals surface area (Å²) in [6.45, 7) is 7.91. The second kappa shape index (κ2) is 3.13. The monoisotopic (exact) mass is 165 g/mol. The van der Waals surface area contributed by atoms with Crippen molar-refractivity contribution in [3.8, 4) is 5.75 Å². The Kier molecular flexibility index (Phi) is 2.36. The fourth-order valence-electron chi connectivity index (χ4n) is 1.13. The zero-order chi connectivity index (χ0) is 9.30. The van der Waals surface area contributed by atoms with Crippen LogP contribution in [-0.2, 0) is 0 Å². The molecule has 0 aliphatic carbocycles. The molecule has 0 unspecified atom stereocenters. The molecular formula is C10H15NO. The lowest BCUT2D eigenvalue weighted by Crippen LogP contribution is -1.96. The number of aromatic nitrogens is 1. The van der Waals surface area contributed by atoms with Crippen LogP contribution in [0, 0.1) is 13.8 Å². The molecule has 0 saturated carbocycles. The van der Waals surface area contributed by atoms with Gasteiger partial charge in [0.25, 0.3) is 0 Å². The molecule has 1 rings (SSSR count). The van der Waals surface area contributed by atoms with Gasteiger partial charge in [0.1, 0.15) is 5.75 Å². The van der Waals surface area contributed by atoms with Crippen LogP contribution in [0.15, 0.2) is 6.20 Å². The Balaban J connectivity index is 3.27. The van der Waals surface area contributed by atoms with E-state index in [0.717, 1.165) is 16.8 Å². The van der Waals surface area contributed by atoms with Crippen molar-refractivity contribution in [2.75, 3.05) is 0 Å². The zero-order valence-corrected chi connectivity index (χ0v) is 8.05. The molecule has 2 heteroatoms. The van der Waals surface area contributed by atoms with Gasteiger partial charge in [-0.25, -0.2) is 0 Å². The Morgan fingerprint density at radius 2 is 1.92 bits per heavy atom. The van der Waals surface area contributed by atoms with Gasteiger partial charge < -0.3 is 5.11 Å². The number of nitrogens with zero attached hydrogens (tertiary/aromatic N) is 1. The van der Waals surface area contributed by atoms with Crippen molar-refractivity contribution < 1.29 is 5.11 Å². The van der Waals surface area contributed by atoms with E-state index in [-0.39, 0.29) is 5.92 Å². The van der Waals surface area contributed by atoms with Crippen LogP contribution in [0.1, 0.15) is 36.6 Å². The standard InChI is InChI=1S/C10H15NO/c1-6(2)9-10(12)8(4)7(3)5-11-9/h5-6,12H,1-4H3. The largest absolute Gasteiger partial charge is 0.506 e. The highest BCUT2D eigenvalue weighted by atomic mass is 16.3. The summed E-state index contributed by atoms with van der Waals surface area (Å²) in [6.07, 6.45) is 1.81. The van der Waals surface area contributed by atoms with E-state index in [1.54, 1.807) is 0 Å². The predicted octanol–water partition coefficient (Wildman–Crippen LogP) is 2.53. The lowest BCUT2D eigenvalue weighted by Gasteiger charge is -2.10. The lowest BCUT2D eigenvalue weighted by atomic mass is 10.0. The van der Waals surface area contributed by atoms with E-state index in [1.807, 2.05) is 33.9 Å². The number of rotatable bonds is 1. The highest BCUT2D eigenvalue weighted by molar-refractivity contribution is 5.40. The van der Waals surface area contributed by atoms with Crippen LogP contribution in [0.25, 0.3) is 0 Å². The summed E-state index contributed by atoms with van der Waals surface area (Å²) in [6, 6.07) is 0. The molecule has 0 amide bonds. The fraction of sp³-hybridized carbons (Fsp3) is 0.500. The minimum Gasteiger partial charge on any atom is -0.506 e. The van der Waals surface area contributed by atoms with Crippen LogP contribution in [-0.4, -0.2) is 10.1 Å². The third-order valence-electron chi connectivity index (χ3n) is 2.13. The molecular weight excluding hydrogens is 150 g/mol. The first kappa shape index (κ1) is 9.04. The van der Waals surface area contributed by atoms with Gasteiger partial charge in [0.15, 0.2) is 0 Å². The maximum atomic E-state index is 9.69. The summed E-state index contributed by atoms with van der Waals surface area (Å²) in [5.41, 5.74) is 2.77. The fourth-order valence-corrected chi connectivity index (χ4v) is 1.13. The molecule has 0 atom stereocenters. The van der Waals surface area contributed by atoms with Gasteiger partial charge in [-0.05, 0) is 30.9 Å². The number of pyridine rings is 1. The van der Waals surface area contributed by atoms with Crippen LogP contribution < -0.4 is 0 Å². The summed E-state index contributed by atoms with van der Waals surface area (Å²) >= 11 is 0. The SMILES string of the molecule is Cc1cnc(C(C)C)c(O)c1C. The maximum absolute atomic E-state index is 9.69. The second-order valence-corrected chi connectivity index (χ2v) is 3.45. The summed E-state index contributed by atoms with van der Waals surface area (Å²) < 4.78 is 0. The van der Waals surface area contributed by atoms with Crippen LogP contribution >= 0.6 is 0 Å². The van der Waals surface area contributed by atoms with Gasteiger partial charge in [-0.2, -0.15) is 0 Å². The average Bonchev–Trinajstić information content (AvgIpc) is 2.00. The van der Waals surface area contributed by atoms with E-state index in [1.165, 1.54) is 0 Å². The third kappa shape index (κ3) is 1.42. The molecule has 0 saturated heterocycles. The maximum Gasteiger partial charge on any atom is 0.140 e. The van der Waals surface area contributed by atoms with E-state index in [0.29, 0.717) is 5.75 Å². The Morgan fingerprint density at radius 1 is 1.33 bits per heavy atom. The molecule has 0 spiro atoms. The highest BCUT2D eigenvalue weighted by Crippen LogP contribution is 2.27. The number of aryl methyl sites for hydroxylation is 1. The van der Waals surface area contributed by atoms with Gasteiger partial charge in [0.2, 0.25) is 0 Å². The first-order valence-corrected chi connectivity index (χ1v) is 4.19. The molecule has 1 aromatic rings. The first-order chi connectivity index (χ1) is 5.54. The van der Waals surface area contributed by atoms with Crippen LogP contribution in [0.2, 0.25) is 0 Å². The molecule has 0 radical (unpaired) electrons. The normalized spacial score (nSPS) is 10.8. The number of hydrogen-bond acceptors (Lipinski definition) is 2. The Labute approximate surface area is 73.3 Å². The first-order valence-electron chi connectivity index (χ1n) is 4.19. The van der Waals surface area contributed by atoms with Crippen molar-refractivity contribution in [3.05, 3.63) is 23.0 Å². The van der Waals surface area contributed by atoms with Crippen LogP contribution in [0.4, 0.5) is 0 Å². The van der Waals surface area contributed by atoms with Gasteiger partial charge in [0, 0.05) is 6.20 Å². The molecule has 0 aliphatic rings. The third-order valence-corrected chi connectivity index (χ3v) is 2.13. The van der Waals surface area contributed by atoms with E-state index < -0.39 is 0 Å². The molecule has 2 nitrogen and oxygen atoms in total. The van der Waals surface area contributed by atoms with Crippen molar-refractivity contribution in [3.63, 3.8) is 0 Å². The molecule has 66 valence electrons. The minimum atomic E-state index is 0.282. The van der Waals surface area contributed by atoms with Crippen molar-refractivity contribution in [1.29, 1.82) is 0 Å². The van der Waals surface area contributed by atoms with Gasteiger partial charge in [-0.15, -0.1) is 0 Å². The van der Waals surface area contributed by atoms with Gasteiger partial charge in [-0.1, -0.05) is 13.8 Å². The van der Waals surface area contributed by atoms with Gasteiger partial charge in [0.05, 0.1) is 5.69 Å². The Bertz CT molecular complexity index is 292. The molecule has 0 aromatic carbocycles. The van der Waals surface area contributed by atoms with Gasteiger partial charge in [-0.3, -0.25) is 4.98 Å². The predicted molar refractivity (Wildman–Crippen MR) is 49.5 cm³/mol. The molecule has 0 bridgehead atoms. The van der Waals surface area contributed by atoms with Crippen LogP contribution in [0.3, 0.4) is 0 Å². The summed E-state index contributed by atoms with van der Waals surface area (Å²) in [7, 11) is 0. The molecule has 1 heterocycles. The number of hydrogen-bond donors (Lipinski definition) is 1.